The highest BCUT2D eigenvalue weighted by Crippen LogP contribution is 2.13. The predicted octanol–water partition coefficient (Wildman–Crippen LogP) is 3.97. The van der Waals surface area contributed by atoms with Gasteiger partial charge in [-0.2, -0.15) is 0 Å². The third-order valence-corrected chi connectivity index (χ3v) is 5.05. The van der Waals surface area contributed by atoms with E-state index in [0.717, 1.165) is 12.0 Å². The van der Waals surface area contributed by atoms with Crippen LogP contribution in [0.3, 0.4) is 0 Å². The van der Waals surface area contributed by atoms with Crippen LogP contribution in [-0.2, 0) is 16.0 Å². The molecule has 2 atom stereocenters. The van der Waals surface area contributed by atoms with Crippen LogP contribution in [0.5, 0.6) is 5.75 Å². The number of carbonyl (C=O) groups is 2. The summed E-state index contributed by atoms with van der Waals surface area (Å²) in [6.45, 7) is 6.03. The summed E-state index contributed by atoms with van der Waals surface area (Å²) >= 11 is 0. The standard InChI is InChI=1S/C24H31FN2O3/c1-4-18(3)26-24(29)22(5-2)27(16-15-19-9-7-6-8-10-19)23(28)17-30-21-13-11-20(25)12-14-21/h6-14,18,22H,4-5,15-17H2,1-3H3,(H,26,29). The molecule has 0 bridgehead atoms. The second-order valence-electron chi connectivity index (χ2n) is 7.31. The van der Waals surface area contributed by atoms with Gasteiger partial charge in [-0.05, 0) is 56.0 Å². The molecule has 6 heteroatoms. The molecule has 0 aliphatic carbocycles. The first-order chi connectivity index (χ1) is 14.4. The lowest BCUT2D eigenvalue weighted by Gasteiger charge is -2.31. The Morgan fingerprint density at radius 3 is 2.30 bits per heavy atom. The van der Waals surface area contributed by atoms with Crippen LogP contribution in [0, 0.1) is 5.82 Å². The molecular weight excluding hydrogens is 383 g/mol. The van der Waals surface area contributed by atoms with Gasteiger partial charge in [0.15, 0.2) is 6.61 Å². The minimum absolute atomic E-state index is 0.0353. The van der Waals surface area contributed by atoms with E-state index in [-0.39, 0.29) is 30.3 Å². The van der Waals surface area contributed by atoms with Gasteiger partial charge in [-0.25, -0.2) is 4.39 Å². The first-order valence-electron chi connectivity index (χ1n) is 10.5. The van der Waals surface area contributed by atoms with Gasteiger partial charge < -0.3 is 15.0 Å². The minimum atomic E-state index is -0.577. The highest BCUT2D eigenvalue weighted by Gasteiger charge is 2.29. The number of ether oxygens (including phenoxy) is 1. The van der Waals surface area contributed by atoms with E-state index in [1.807, 2.05) is 51.1 Å². The molecule has 0 saturated carbocycles. The Hall–Kier alpha value is -2.89. The van der Waals surface area contributed by atoms with Crippen molar-refractivity contribution in [2.75, 3.05) is 13.2 Å². The van der Waals surface area contributed by atoms with Gasteiger partial charge in [-0.3, -0.25) is 9.59 Å². The van der Waals surface area contributed by atoms with Crippen LogP contribution in [-0.4, -0.2) is 41.9 Å². The number of nitrogens with one attached hydrogen (secondary N) is 1. The van der Waals surface area contributed by atoms with Gasteiger partial charge >= 0.3 is 0 Å². The van der Waals surface area contributed by atoms with Crippen molar-refractivity contribution in [1.82, 2.24) is 10.2 Å². The Morgan fingerprint density at radius 1 is 1.03 bits per heavy atom. The van der Waals surface area contributed by atoms with E-state index >= 15 is 0 Å². The van der Waals surface area contributed by atoms with Crippen LogP contribution < -0.4 is 10.1 Å². The van der Waals surface area contributed by atoms with Crippen molar-refractivity contribution in [3.05, 3.63) is 66.0 Å². The second-order valence-corrected chi connectivity index (χ2v) is 7.31. The van der Waals surface area contributed by atoms with Gasteiger partial charge in [0.25, 0.3) is 5.91 Å². The molecule has 162 valence electrons. The number of benzene rings is 2. The molecule has 0 aromatic heterocycles. The Morgan fingerprint density at radius 2 is 1.70 bits per heavy atom. The number of rotatable bonds is 11. The fourth-order valence-corrected chi connectivity index (χ4v) is 3.10. The summed E-state index contributed by atoms with van der Waals surface area (Å²) in [6.07, 6.45) is 1.95. The topological polar surface area (TPSA) is 58.6 Å². The van der Waals surface area contributed by atoms with Crippen molar-refractivity contribution < 1.29 is 18.7 Å². The summed E-state index contributed by atoms with van der Waals surface area (Å²) in [5.74, 6) is -0.396. The molecule has 2 aromatic carbocycles. The van der Waals surface area contributed by atoms with Crippen LogP contribution in [0.4, 0.5) is 4.39 Å². The second kappa shape index (κ2) is 12.0. The summed E-state index contributed by atoms with van der Waals surface area (Å²) in [4.78, 5) is 27.4. The zero-order valence-electron chi connectivity index (χ0n) is 17.9. The maximum atomic E-state index is 13.1. The van der Waals surface area contributed by atoms with Crippen molar-refractivity contribution in [3.8, 4) is 5.75 Å². The van der Waals surface area contributed by atoms with Crippen molar-refractivity contribution in [3.63, 3.8) is 0 Å². The quantitative estimate of drug-likeness (QED) is 0.605. The van der Waals surface area contributed by atoms with Crippen LogP contribution in [0.25, 0.3) is 0 Å². The van der Waals surface area contributed by atoms with Gasteiger partial charge in [-0.15, -0.1) is 0 Å². The molecule has 0 fully saturated rings. The summed E-state index contributed by atoms with van der Waals surface area (Å²) in [5.41, 5.74) is 1.09. The Kier molecular flexibility index (Phi) is 9.32. The summed E-state index contributed by atoms with van der Waals surface area (Å²) in [6, 6.07) is 14.8. The molecule has 1 N–H and O–H groups in total. The van der Waals surface area contributed by atoms with Gasteiger partial charge in [0.05, 0.1) is 0 Å². The van der Waals surface area contributed by atoms with E-state index in [2.05, 4.69) is 5.32 Å². The lowest BCUT2D eigenvalue weighted by Crippen LogP contribution is -2.52. The smallest absolute Gasteiger partial charge is 0.261 e. The Balaban J connectivity index is 2.11. The molecule has 0 saturated heterocycles. The highest BCUT2D eigenvalue weighted by atomic mass is 19.1. The van der Waals surface area contributed by atoms with Gasteiger partial charge in [0, 0.05) is 12.6 Å². The molecule has 0 spiro atoms. The number of halogens is 1. The molecule has 2 aromatic rings. The molecule has 30 heavy (non-hydrogen) atoms. The normalized spacial score (nSPS) is 12.7. The zero-order valence-corrected chi connectivity index (χ0v) is 17.9. The van der Waals surface area contributed by atoms with Crippen LogP contribution in [0.15, 0.2) is 54.6 Å². The molecule has 2 amide bonds. The van der Waals surface area contributed by atoms with Gasteiger partial charge in [0.1, 0.15) is 17.6 Å². The van der Waals surface area contributed by atoms with E-state index < -0.39 is 6.04 Å². The highest BCUT2D eigenvalue weighted by molar-refractivity contribution is 5.88. The largest absolute Gasteiger partial charge is 0.484 e. The van der Waals surface area contributed by atoms with E-state index in [4.69, 9.17) is 4.74 Å². The maximum absolute atomic E-state index is 13.1. The SMILES string of the molecule is CCC(C)NC(=O)C(CC)N(CCc1ccccc1)C(=O)COc1ccc(F)cc1. The number of amides is 2. The van der Waals surface area contributed by atoms with E-state index in [0.29, 0.717) is 25.1 Å². The molecule has 5 nitrogen and oxygen atoms in total. The zero-order chi connectivity index (χ0) is 21.9. The van der Waals surface area contributed by atoms with Crippen molar-refractivity contribution >= 4 is 11.8 Å². The summed E-state index contributed by atoms with van der Waals surface area (Å²) in [5, 5.41) is 2.98. The number of hydrogen-bond donors (Lipinski definition) is 1. The minimum Gasteiger partial charge on any atom is -0.484 e. The molecular formula is C24H31FN2O3. The first-order valence-corrected chi connectivity index (χ1v) is 10.5. The molecule has 0 radical (unpaired) electrons. The Labute approximate surface area is 178 Å². The summed E-state index contributed by atoms with van der Waals surface area (Å²) < 4.78 is 18.6. The fraction of sp³-hybridized carbons (Fsp3) is 0.417. The van der Waals surface area contributed by atoms with Crippen molar-refractivity contribution in [2.24, 2.45) is 0 Å². The van der Waals surface area contributed by atoms with E-state index in [9.17, 15) is 14.0 Å². The van der Waals surface area contributed by atoms with Crippen LogP contribution in [0.2, 0.25) is 0 Å². The van der Waals surface area contributed by atoms with Crippen LogP contribution in [0.1, 0.15) is 39.2 Å². The van der Waals surface area contributed by atoms with E-state index in [1.165, 1.54) is 24.3 Å². The molecule has 0 heterocycles. The first kappa shape index (κ1) is 23.4. The lowest BCUT2D eigenvalue weighted by atomic mass is 10.1. The lowest BCUT2D eigenvalue weighted by molar-refractivity contribution is -0.142. The monoisotopic (exact) mass is 414 g/mol. The van der Waals surface area contributed by atoms with Crippen molar-refractivity contribution in [2.45, 2.75) is 52.1 Å². The van der Waals surface area contributed by atoms with Gasteiger partial charge in [-0.1, -0.05) is 44.2 Å². The summed E-state index contributed by atoms with van der Waals surface area (Å²) in [7, 11) is 0. The molecule has 2 rings (SSSR count). The number of carbonyl (C=O) groups excluding carboxylic acids is 2. The third-order valence-electron chi connectivity index (χ3n) is 5.05. The van der Waals surface area contributed by atoms with E-state index in [1.54, 1.807) is 4.90 Å². The maximum Gasteiger partial charge on any atom is 0.261 e. The Bertz CT molecular complexity index is 796. The number of nitrogens with zero attached hydrogens (tertiary/aromatic N) is 1. The average molecular weight is 415 g/mol. The fourth-order valence-electron chi connectivity index (χ4n) is 3.10. The molecule has 0 aliphatic heterocycles. The predicted molar refractivity (Wildman–Crippen MR) is 116 cm³/mol. The molecule has 0 aliphatic rings. The average Bonchev–Trinajstić information content (AvgIpc) is 2.76. The molecule has 2 unspecified atom stereocenters. The van der Waals surface area contributed by atoms with Crippen molar-refractivity contribution in [1.29, 1.82) is 0 Å². The van der Waals surface area contributed by atoms with Crippen LogP contribution >= 0.6 is 0 Å². The van der Waals surface area contributed by atoms with Gasteiger partial charge in [0.2, 0.25) is 5.91 Å². The third kappa shape index (κ3) is 7.17. The number of hydrogen-bond acceptors (Lipinski definition) is 3.